The van der Waals surface area contributed by atoms with Gasteiger partial charge in [0.05, 0.1) is 19.5 Å². The number of benzene rings is 1. The van der Waals surface area contributed by atoms with Crippen LogP contribution in [0.25, 0.3) is 0 Å². The van der Waals surface area contributed by atoms with Crippen LogP contribution in [0.2, 0.25) is 12.6 Å². The van der Waals surface area contributed by atoms with Crippen LogP contribution in [0.4, 0.5) is 0 Å². The molecule has 3 rings (SSSR count). The maximum absolute atomic E-state index is 6.01. The smallest absolute Gasteiger partial charge is 0.132 e. The van der Waals surface area contributed by atoms with Crippen LogP contribution < -0.4 is 0 Å². The van der Waals surface area contributed by atoms with E-state index in [2.05, 4.69) is 36.9 Å². The molecule has 1 fully saturated rings. The minimum atomic E-state index is -0.705. The lowest BCUT2D eigenvalue weighted by Crippen LogP contribution is -2.13. The van der Waals surface area contributed by atoms with E-state index in [1.165, 1.54) is 24.1 Å². The summed E-state index contributed by atoms with van der Waals surface area (Å²) >= 11 is 0. The molecule has 0 aliphatic carbocycles. The van der Waals surface area contributed by atoms with Crippen molar-refractivity contribution in [3.63, 3.8) is 0 Å². The maximum Gasteiger partial charge on any atom is 0.132 e. The third kappa shape index (κ3) is 5.64. The Bertz CT molecular complexity index is 551. The van der Waals surface area contributed by atoms with Gasteiger partial charge in [-0.3, -0.25) is 0 Å². The molecule has 1 aliphatic rings. The van der Waals surface area contributed by atoms with E-state index in [1.54, 1.807) is 6.26 Å². The molecular weight excluding hydrogens is 304 g/mol. The second-order valence-electron chi connectivity index (χ2n) is 6.52. The van der Waals surface area contributed by atoms with Crippen molar-refractivity contribution in [2.75, 3.05) is 13.2 Å². The van der Waals surface area contributed by atoms with Crippen molar-refractivity contribution in [2.45, 2.75) is 43.7 Å². The lowest BCUT2D eigenvalue weighted by atomic mass is 10.1. The predicted molar refractivity (Wildman–Crippen MR) is 94.3 cm³/mol. The minimum Gasteiger partial charge on any atom is -0.467 e. The summed E-state index contributed by atoms with van der Waals surface area (Å²) in [6, 6.07) is 17.4. The number of hydrogen-bond donors (Lipinski definition) is 0. The van der Waals surface area contributed by atoms with Gasteiger partial charge in [0.1, 0.15) is 18.0 Å². The molecule has 4 heteroatoms. The quantitative estimate of drug-likeness (QED) is 0.485. The van der Waals surface area contributed by atoms with Gasteiger partial charge in [-0.25, -0.2) is 0 Å². The molecule has 1 aromatic heterocycles. The van der Waals surface area contributed by atoms with Crippen LogP contribution in [-0.4, -0.2) is 28.1 Å². The zero-order valence-corrected chi connectivity index (χ0v) is 15.0. The van der Waals surface area contributed by atoms with Crippen molar-refractivity contribution < 1.29 is 13.9 Å². The van der Waals surface area contributed by atoms with E-state index < -0.39 is 8.80 Å². The van der Waals surface area contributed by atoms with Crippen molar-refractivity contribution in [2.24, 2.45) is 0 Å². The fourth-order valence-electron chi connectivity index (χ4n) is 2.94. The molecule has 1 aromatic carbocycles. The van der Waals surface area contributed by atoms with Crippen molar-refractivity contribution in [3.05, 3.63) is 60.1 Å². The van der Waals surface area contributed by atoms with Gasteiger partial charge in [-0.2, -0.15) is 0 Å². The van der Waals surface area contributed by atoms with Crippen molar-refractivity contribution >= 4 is 8.80 Å². The molecule has 0 spiro atoms. The first-order valence-electron chi connectivity index (χ1n) is 8.62. The number of hydrogen-bond acceptors (Lipinski definition) is 3. The molecule has 0 radical (unpaired) electrons. The molecule has 23 heavy (non-hydrogen) atoms. The Labute approximate surface area is 140 Å². The second-order valence-corrected chi connectivity index (χ2v) is 9.71. The van der Waals surface area contributed by atoms with Crippen LogP contribution >= 0.6 is 0 Å². The minimum absolute atomic E-state index is 0.0760. The first-order chi connectivity index (χ1) is 11.3. The molecule has 3 unspecified atom stereocenters. The normalized spacial score (nSPS) is 19.4. The largest absolute Gasteiger partial charge is 0.467 e. The Morgan fingerprint density at radius 1 is 1.22 bits per heavy atom. The van der Waals surface area contributed by atoms with E-state index in [9.17, 15) is 0 Å². The van der Waals surface area contributed by atoms with E-state index in [0.29, 0.717) is 12.7 Å². The average Bonchev–Trinajstić information content (AvgIpc) is 3.23. The molecule has 0 bridgehead atoms. The highest BCUT2D eigenvalue weighted by Gasteiger charge is 2.25. The molecule has 124 valence electrons. The Morgan fingerprint density at radius 3 is 2.74 bits per heavy atom. The Hall–Kier alpha value is -1.36. The Balaban J connectivity index is 1.42. The van der Waals surface area contributed by atoms with Crippen molar-refractivity contribution in [1.82, 2.24) is 0 Å². The van der Waals surface area contributed by atoms with Crippen LogP contribution in [0.3, 0.4) is 0 Å². The molecule has 3 nitrogen and oxygen atoms in total. The fourth-order valence-corrected chi connectivity index (χ4v) is 5.15. The zero-order chi connectivity index (χ0) is 15.9. The molecule has 3 atom stereocenters. The highest BCUT2D eigenvalue weighted by atomic mass is 28.3. The number of ether oxygens (including phenoxy) is 2. The molecule has 0 amide bonds. The summed E-state index contributed by atoms with van der Waals surface area (Å²) < 4.78 is 16.8. The highest BCUT2D eigenvalue weighted by molar-refractivity contribution is 6.56. The Kier molecular flexibility index (Phi) is 6.08. The molecule has 2 aromatic rings. The van der Waals surface area contributed by atoms with Gasteiger partial charge in [0.25, 0.3) is 0 Å². The maximum atomic E-state index is 6.01. The van der Waals surface area contributed by atoms with E-state index >= 15 is 0 Å². The van der Waals surface area contributed by atoms with Crippen molar-refractivity contribution in [3.8, 4) is 0 Å². The molecule has 0 saturated carbocycles. The Morgan fingerprint density at radius 2 is 2.04 bits per heavy atom. The van der Waals surface area contributed by atoms with Crippen LogP contribution in [0.5, 0.6) is 0 Å². The summed E-state index contributed by atoms with van der Waals surface area (Å²) in [4.78, 5) is 0. The van der Waals surface area contributed by atoms with Crippen LogP contribution in [0, 0.1) is 0 Å². The number of furan rings is 1. The third-order valence-corrected chi connectivity index (χ3v) is 6.90. The van der Waals surface area contributed by atoms with E-state index in [1.807, 2.05) is 12.1 Å². The lowest BCUT2D eigenvalue weighted by Gasteiger charge is -2.16. The second kappa shape index (κ2) is 8.48. The number of epoxide rings is 1. The van der Waals surface area contributed by atoms with Gasteiger partial charge in [0.15, 0.2) is 0 Å². The average molecular weight is 330 g/mol. The fraction of sp³-hybridized carbons (Fsp3) is 0.474. The number of rotatable bonds is 10. The zero-order valence-electron chi connectivity index (χ0n) is 13.8. The van der Waals surface area contributed by atoms with Crippen LogP contribution in [0.15, 0.2) is 53.1 Å². The van der Waals surface area contributed by atoms with Crippen LogP contribution in [0.1, 0.15) is 30.3 Å². The van der Waals surface area contributed by atoms with E-state index in [4.69, 9.17) is 13.9 Å². The summed E-state index contributed by atoms with van der Waals surface area (Å²) in [5.74, 6) is 0.947. The molecule has 1 aliphatic heterocycles. The van der Waals surface area contributed by atoms with Gasteiger partial charge < -0.3 is 13.9 Å². The first kappa shape index (κ1) is 16.5. The van der Waals surface area contributed by atoms with E-state index in [0.717, 1.165) is 18.8 Å². The van der Waals surface area contributed by atoms with E-state index in [-0.39, 0.29) is 6.10 Å². The predicted octanol–water partition coefficient (Wildman–Crippen LogP) is 4.16. The van der Waals surface area contributed by atoms with Crippen LogP contribution in [-0.2, 0) is 15.5 Å². The van der Waals surface area contributed by atoms with Crippen molar-refractivity contribution in [1.29, 1.82) is 0 Å². The monoisotopic (exact) mass is 330 g/mol. The van der Waals surface area contributed by atoms with Gasteiger partial charge in [0, 0.05) is 8.80 Å². The molecular formula is C19H26O3Si. The SMILES string of the molecule is C[SiH](CCCC(OCC1CO1)c1ccco1)Cc1ccccc1. The summed E-state index contributed by atoms with van der Waals surface area (Å²) in [5, 5.41) is 0. The molecule has 2 heterocycles. The molecule has 1 saturated heterocycles. The van der Waals surface area contributed by atoms with Gasteiger partial charge in [-0.15, -0.1) is 0 Å². The first-order valence-corrected chi connectivity index (χ1v) is 11.4. The lowest BCUT2D eigenvalue weighted by molar-refractivity contribution is 0.0223. The summed E-state index contributed by atoms with van der Waals surface area (Å²) in [6.07, 6.45) is 4.35. The topological polar surface area (TPSA) is 34.9 Å². The highest BCUT2D eigenvalue weighted by Crippen LogP contribution is 2.26. The summed E-state index contributed by atoms with van der Waals surface area (Å²) in [7, 11) is -0.705. The van der Waals surface area contributed by atoms with Gasteiger partial charge in [-0.05, 0) is 24.6 Å². The van der Waals surface area contributed by atoms with Gasteiger partial charge >= 0.3 is 0 Å². The summed E-state index contributed by atoms with van der Waals surface area (Å²) in [5.41, 5.74) is 1.48. The van der Waals surface area contributed by atoms with Gasteiger partial charge in [-0.1, -0.05) is 54.9 Å². The molecule has 0 N–H and O–H groups in total. The third-order valence-electron chi connectivity index (χ3n) is 4.34. The van der Waals surface area contributed by atoms with Gasteiger partial charge in [0.2, 0.25) is 0 Å². The standard InChI is InChI=1S/C19H26O3Si/c1-23(15-16-7-3-2-4-8-16)12-6-10-19(18-9-5-11-20-18)22-14-17-13-21-17/h2-5,7-9,11,17,19,23H,6,10,12-15H2,1H3. The summed E-state index contributed by atoms with van der Waals surface area (Å²) in [6.45, 7) is 3.99.